The fourth-order valence-corrected chi connectivity index (χ4v) is 2.97. The van der Waals surface area contributed by atoms with Gasteiger partial charge in [-0.15, -0.1) is 0 Å². The molecular weight excluding hydrogens is 300 g/mol. The molecule has 1 amide bonds. The molecule has 0 bridgehead atoms. The maximum atomic E-state index is 12.4. The predicted octanol–water partition coefficient (Wildman–Crippen LogP) is 2.99. The lowest BCUT2D eigenvalue weighted by Crippen LogP contribution is -2.32. The first-order valence-electron chi connectivity index (χ1n) is 8.41. The number of hydrogen-bond acceptors (Lipinski definition) is 3. The van der Waals surface area contributed by atoms with E-state index in [4.69, 9.17) is 4.74 Å². The zero-order valence-electron chi connectivity index (χ0n) is 14.3. The van der Waals surface area contributed by atoms with Gasteiger partial charge in [-0.05, 0) is 48.4 Å². The second-order valence-corrected chi connectivity index (χ2v) is 6.23. The van der Waals surface area contributed by atoms with Crippen LogP contribution in [0, 0.1) is 0 Å². The van der Waals surface area contributed by atoms with Gasteiger partial charge < -0.3 is 15.4 Å². The molecule has 2 aromatic carbocycles. The number of rotatable bonds is 5. The Balaban J connectivity index is 1.69. The summed E-state index contributed by atoms with van der Waals surface area (Å²) in [4.78, 5) is 12.4. The van der Waals surface area contributed by atoms with Gasteiger partial charge in [-0.1, -0.05) is 35.9 Å². The number of fused-ring (bicyclic) bond motifs is 1. The van der Waals surface area contributed by atoms with Crippen LogP contribution in [-0.4, -0.2) is 32.7 Å². The van der Waals surface area contributed by atoms with Crippen molar-refractivity contribution >= 4 is 16.7 Å². The van der Waals surface area contributed by atoms with Gasteiger partial charge in [-0.2, -0.15) is 0 Å². The molecule has 0 spiro atoms. The Morgan fingerprint density at radius 3 is 2.79 bits per heavy atom. The zero-order valence-corrected chi connectivity index (χ0v) is 14.3. The summed E-state index contributed by atoms with van der Waals surface area (Å²) in [6.07, 6.45) is 3.17. The molecule has 3 rings (SSSR count). The number of methoxy groups -OCH3 is 1. The van der Waals surface area contributed by atoms with Crippen LogP contribution in [0.5, 0.6) is 5.75 Å². The van der Waals surface area contributed by atoms with Crippen LogP contribution in [0.25, 0.3) is 10.8 Å². The molecule has 4 heteroatoms. The molecule has 1 aliphatic rings. The molecule has 1 unspecified atom stereocenters. The van der Waals surface area contributed by atoms with Crippen molar-refractivity contribution in [2.45, 2.75) is 19.3 Å². The third-order valence-electron chi connectivity index (χ3n) is 4.61. The molecule has 0 aromatic heterocycles. The highest BCUT2D eigenvalue weighted by Gasteiger charge is 2.16. The number of nitrogens with one attached hydrogen (secondary N) is 2. The van der Waals surface area contributed by atoms with E-state index in [2.05, 4.69) is 22.8 Å². The van der Waals surface area contributed by atoms with Crippen LogP contribution >= 0.6 is 0 Å². The van der Waals surface area contributed by atoms with E-state index < -0.39 is 0 Å². The predicted molar refractivity (Wildman–Crippen MR) is 97.5 cm³/mol. The fourth-order valence-electron chi connectivity index (χ4n) is 2.97. The number of benzene rings is 2. The Labute approximate surface area is 142 Å². The molecule has 1 aliphatic heterocycles. The third kappa shape index (κ3) is 3.77. The Morgan fingerprint density at radius 1 is 1.25 bits per heavy atom. The second-order valence-electron chi connectivity index (χ2n) is 6.23. The average Bonchev–Trinajstić information content (AvgIpc) is 2.65. The molecule has 0 fully saturated rings. The molecule has 1 heterocycles. The Kier molecular flexibility index (Phi) is 5.16. The van der Waals surface area contributed by atoms with Gasteiger partial charge in [-0.25, -0.2) is 0 Å². The van der Waals surface area contributed by atoms with Crippen molar-refractivity contribution in [2.75, 3.05) is 26.7 Å². The van der Waals surface area contributed by atoms with Crippen LogP contribution in [0.1, 0.15) is 24.8 Å². The molecule has 0 saturated heterocycles. The van der Waals surface area contributed by atoms with Crippen molar-refractivity contribution in [2.24, 2.45) is 0 Å². The van der Waals surface area contributed by atoms with Crippen molar-refractivity contribution in [3.05, 3.63) is 53.6 Å². The summed E-state index contributed by atoms with van der Waals surface area (Å²) in [5, 5.41) is 8.58. The minimum atomic E-state index is -0.168. The molecule has 2 N–H and O–H groups in total. The van der Waals surface area contributed by atoms with Crippen molar-refractivity contribution in [3.63, 3.8) is 0 Å². The van der Waals surface area contributed by atoms with Gasteiger partial charge in [0.15, 0.2) is 0 Å². The van der Waals surface area contributed by atoms with Gasteiger partial charge in [0.2, 0.25) is 5.91 Å². The molecule has 24 heavy (non-hydrogen) atoms. The Morgan fingerprint density at radius 2 is 2.04 bits per heavy atom. The summed E-state index contributed by atoms with van der Waals surface area (Å²) in [6, 6.07) is 12.1. The maximum Gasteiger partial charge on any atom is 0.227 e. The highest BCUT2D eigenvalue weighted by Crippen LogP contribution is 2.25. The van der Waals surface area contributed by atoms with Crippen molar-refractivity contribution < 1.29 is 9.53 Å². The monoisotopic (exact) mass is 324 g/mol. The number of carbonyl (C=O) groups excluding carboxylic acids is 1. The van der Waals surface area contributed by atoms with Crippen molar-refractivity contribution in [1.82, 2.24) is 10.6 Å². The first-order chi connectivity index (χ1) is 11.7. The average molecular weight is 324 g/mol. The fraction of sp³-hybridized carbons (Fsp3) is 0.350. The van der Waals surface area contributed by atoms with Crippen LogP contribution in [-0.2, 0) is 4.79 Å². The van der Waals surface area contributed by atoms with E-state index in [1.54, 1.807) is 7.11 Å². The standard InChI is InChI=1S/C20H24N2O2/c1-14(20(23)22-13-15-7-9-21-10-8-15)16-3-4-18-12-19(24-2)6-5-17(18)11-16/h3-7,11-12,14,21H,8-10,13H2,1-2H3,(H,22,23). The van der Waals surface area contributed by atoms with Crippen LogP contribution < -0.4 is 15.4 Å². The lowest BCUT2D eigenvalue weighted by Gasteiger charge is -2.17. The molecular formula is C20H24N2O2. The van der Waals surface area contributed by atoms with E-state index in [-0.39, 0.29) is 11.8 Å². The van der Waals surface area contributed by atoms with Crippen LogP contribution in [0.4, 0.5) is 0 Å². The van der Waals surface area contributed by atoms with Gasteiger partial charge in [0.25, 0.3) is 0 Å². The van der Waals surface area contributed by atoms with E-state index in [9.17, 15) is 4.79 Å². The summed E-state index contributed by atoms with van der Waals surface area (Å²) < 4.78 is 5.25. The molecule has 1 atom stereocenters. The van der Waals surface area contributed by atoms with Crippen LogP contribution in [0.2, 0.25) is 0 Å². The minimum absolute atomic E-state index is 0.0716. The minimum Gasteiger partial charge on any atom is -0.497 e. The summed E-state index contributed by atoms with van der Waals surface area (Å²) >= 11 is 0. The number of hydrogen-bond donors (Lipinski definition) is 2. The molecule has 0 aliphatic carbocycles. The molecule has 2 aromatic rings. The number of amides is 1. The zero-order chi connectivity index (χ0) is 16.9. The smallest absolute Gasteiger partial charge is 0.227 e. The summed E-state index contributed by atoms with van der Waals surface area (Å²) in [5.41, 5.74) is 2.34. The van der Waals surface area contributed by atoms with Gasteiger partial charge in [0, 0.05) is 13.1 Å². The van der Waals surface area contributed by atoms with Gasteiger partial charge in [-0.3, -0.25) is 4.79 Å². The van der Waals surface area contributed by atoms with Gasteiger partial charge in [0.05, 0.1) is 13.0 Å². The van der Waals surface area contributed by atoms with Crippen LogP contribution in [0.15, 0.2) is 48.0 Å². The second kappa shape index (κ2) is 7.49. The van der Waals surface area contributed by atoms with E-state index in [0.717, 1.165) is 41.6 Å². The van der Waals surface area contributed by atoms with Gasteiger partial charge in [0.1, 0.15) is 5.75 Å². The van der Waals surface area contributed by atoms with Crippen molar-refractivity contribution in [3.8, 4) is 5.75 Å². The van der Waals surface area contributed by atoms with Crippen molar-refractivity contribution in [1.29, 1.82) is 0 Å². The summed E-state index contributed by atoms with van der Waals surface area (Å²) in [5.74, 6) is 0.748. The summed E-state index contributed by atoms with van der Waals surface area (Å²) in [7, 11) is 1.67. The number of ether oxygens (including phenoxy) is 1. The normalized spacial score (nSPS) is 15.7. The SMILES string of the molecule is COc1ccc2cc(C(C)C(=O)NCC3=CCNCC3)ccc2c1. The van der Waals surface area contributed by atoms with Crippen LogP contribution in [0.3, 0.4) is 0 Å². The molecule has 0 saturated carbocycles. The Hall–Kier alpha value is -2.33. The number of carbonyl (C=O) groups is 1. The molecule has 0 radical (unpaired) electrons. The first-order valence-corrected chi connectivity index (χ1v) is 8.41. The van der Waals surface area contributed by atoms with E-state index in [1.165, 1.54) is 5.57 Å². The lowest BCUT2D eigenvalue weighted by atomic mass is 9.97. The third-order valence-corrected chi connectivity index (χ3v) is 4.61. The maximum absolute atomic E-state index is 12.4. The lowest BCUT2D eigenvalue weighted by molar-refractivity contribution is -0.122. The highest BCUT2D eigenvalue weighted by atomic mass is 16.5. The Bertz CT molecular complexity index is 767. The highest BCUT2D eigenvalue weighted by molar-refractivity contribution is 5.88. The quantitative estimate of drug-likeness (QED) is 0.831. The summed E-state index contributed by atoms with van der Waals surface area (Å²) in [6.45, 7) is 4.49. The largest absolute Gasteiger partial charge is 0.497 e. The van der Waals surface area contributed by atoms with E-state index in [1.807, 2.05) is 37.3 Å². The first kappa shape index (κ1) is 16.5. The van der Waals surface area contributed by atoms with E-state index >= 15 is 0 Å². The van der Waals surface area contributed by atoms with Gasteiger partial charge >= 0.3 is 0 Å². The topological polar surface area (TPSA) is 50.4 Å². The van der Waals surface area contributed by atoms with E-state index in [0.29, 0.717) is 6.54 Å². The molecule has 4 nitrogen and oxygen atoms in total. The molecule has 126 valence electrons.